The molecule has 2 aromatic carbocycles. The van der Waals surface area contributed by atoms with Crippen molar-refractivity contribution in [2.45, 2.75) is 20.3 Å². The van der Waals surface area contributed by atoms with Crippen LogP contribution in [0.15, 0.2) is 54.6 Å². The van der Waals surface area contributed by atoms with Crippen LogP contribution in [0.4, 0.5) is 17.5 Å². The average molecular weight is 376 g/mol. The minimum atomic E-state index is 0.646. The van der Waals surface area contributed by atoms with E-state index in [0.29, 0.717) is 5.95 Å². The Bertz CT molecular complexity index is 906. The summed E-state index contributed by atoms with van der Waals surface area (Å²) in [7, 11) is 4.16. The SMILES string of the molecule is Cc1cccc(Nc2cc(-c3ccccc3)nc(NCCCN(C)C)n2)c1C. The van der Waals surface area contributed by atoms with Crippen molar-refractivity contribution in [3.8, 4) is 11.3 Å². The highest BCUT2D eigenvalue weighted by Gasteiger charge is 2.09. The van der Waals surface area contributed by atoms with E-state index >= 15 is 0 Å². The number of anilines is 3. The topological polar surface area (TPSA) is 53.1 Å². The van der Waals surface area contributed by atoms with Gasteiger partial charge in [0.05, 0.1) is 5.69 Å². The molecule has 28 heavy (non-hydrogen) atoms. The molecule has 1 aromatic heterocycles. The molecule has 0 aliphatic carbocycles. The third-order valence-electron chi connectivity index (χ3n) is 4.73. The fourth-order valence-electron chi connectivity index (χ4n) is 2.97. The van der Waals surface area contributed by atoms with Crippen LogP contribution < -0.4 is 10.6 Å². The van der Waals surface area contributed by atoms with Crippen LogP contribution in [-0.4, -0.2) is 42.1 Å². The summed E-state index contributed by atoms with van der Waals surface area (Å²) < 4.78 is 0. The molecule has 0 unspecified atom stereocenters. The molecule has 5 nitrogen and oxygen atoms in total. The number of nitrogens with one attached hydrogen (secondary N) is 2. The standard InChI is InChI=1S/C23H29N5/c1-17-10-8-13-20(18(17)2)25-22-16-21(19-11-6-5-7-12-19)26-23(27-22)24-14-9-15-28(3)4/h5-8,10-13,16H,9,14-15H2,1-4H3,(H2,24,25,26,27). The molecule has 0 radical (unpaired) electrons. The maximum Gasteiger partial charge on any atom is 0.225 e. The van der Waals surface area contributed by atoms with Gasteiger partial charge in [-0.05, 0) is 58.1 Å². The van der Waals surface area contributed by atoms with Gasteiger partial charge in [-0.25, -0.2) is 4.98 Å². The minimum absolute atomic E-state index is 0.646. The number of benzene rings is 2. The summed E-state index contributed by atoms with van der Waals surface area (Å²) in [6, 6.07) is 18.5. The fraction of sp³-hybridized carbons (Fsp3) is 0.304. The molecule has 3 rings (SSSR count). The van der Waals surface area contributed by atoms with Crippen molar-refractivity contribution in [3.05, 3.63) is 65.7 Å². The van der Waals surface area contributed by atoms with Crippen molar-refractivity contribution in [2.75, 3.05) is 37.8 Å². The Kier molecular flexibility index (Phi) is 6.61. The third-order valence-corrected chi connectivity index (χ3v) is 4.73. The van der Waals surface area contributed by atoms with E-state index in [2.05, 4.69) is 73.8 Å². The second-order valence-electron chi connectivity index (χ2n) is 7.28. The molecule has 0 bridgehead atoms. The summed E-state index contributed by atoms with van der Waals surface area (Å²) >= 11 is 0. The van der Waals surface area contributed by atoms with Crippen molar-refractivity contribution in [1.82, 2.24) is 14.9 Å². The van der Waals surface area contributed by atoms with Gasteiger partial charge in [0.1, 0.15) is 5.82 Å². The monoisotopic (exact) mass is 375 g/mol. The van der Waals surface area contributed by atoms with Crippen molar-refractivity contribution in [1.29, 1.82) is 0 Å². The summed E-state index contributed by atoms with van der Waals surface area (Å²) in [6.45, 7) is 6.10. The summed E-state index contributed by atoms with van der Waals surface area (Å²) in [5.74, 6) is 1.44. The Balaban J connectivity index is 1.87. The summed E-state index contributed by atoms with van der Waals surface area (Å²) in [4.78, 5) is 11.6. The van der Waals surface area contributed by atoms with E-state index in [1.54, 1.807) is 0 Å². The Morgan fingerprint density at radius 1 is 0.929 bits per heavy atom. The zero-order valence-electron chi connectivity index (χ0n) is 17.2. The van der Waals surface area contributed by atoms with E-state index in [-0.39, 0.29) is 0 Å². The Labute approximate surface area is 167 Å². The van der Waals surface area contributed by atoms with Gasteiger partial charge >= 0.3 is 0 Å². The van der Waals surface area contributed by atoms with Gasteiger partial charge in [-0.2, -0.15) is 4.98 Å². The lowest BCUT2D eigenvalue weighted by atomic mass is 10.1. The van der Waals surface area contributed by atoms with Gasteiger partial charge in [0.15, 0.2) is 0 Å². The molecule has 1 heterocycles. The van der Waals surface area contributed by atoms with Gasteiger partial charge in [-0.15, -0.1) is 0 Å². The molecule has 3 aromatic rings. The van der Waals surface area contributed by atoms with Gasteiger partial charge in [0, 0.05) is 23.9 Å². The van der Waals surface area contributed by atoms with Gasteiger partial charge < -0.3 is 15.5 Å². The first-order valence-electron chi connectivity index (χ1n) is 9.69. The Morgan fingerprint density at radius 2 is 1.71 bits per heavy atom. The predicted octanol–water partition coefficient (Wildman–Crippen LogP) is 4.87. The van der Waals surface area contributed by atoms with Crippen LogP contribution in [0.1, 0.15) is 17.5 Å². The van der Waals surface area contributed by atoms with Gasteiger partial charge in [0.2, 0.25) is 5.95 Å². The minimum Gasteiger partial charge on any atom is -0.354 e. The van der Waals surface area contributed by atoms with Crippen LogP contribution >= 0.6 is 0 Å². The van der Waals surface area contributed by atoms with Crippen molar-refractivity contribution in [2.24, 2.45) is 0 Å². The average Bonchev–Trinajstić information content (AvgIpc) is 2.69. The van der Waals surface area contributed by atoms with E-state index in [9.17, 15) is 0 Å². The fourth-order valence-corrected chi connectivity index (χ4v) is 2.97. The molecular weight excluding hydrogens is 346 g/mol. The maximum atomic E-state index is 4.73. The molecule has 0 amide bonds. The zero-order chi connectivity index (χ0) is 19.9. The number of rotatable bonds is 8. The molecule has 5 heteroatoms. The van der Waals surface area contributed by atoms with Gasteiger partial charge in [0.25, 0.3) is 0 Å². The van der Waals surface area contributed by atoms with Crippen LogP contribution in [0.2, 0.25) is 0 Å². The Morgan fingerprint density at radius 3 is 2.46 bits per heavy atom. The van der Waals surface area contributed by atoms with Crippen molar-refractivity contribution in [3.63, 3.8) is 0 Å². The molecule has 146 valence electrons. The highest BCUT2D eigenvalue weighted by molar-refractivity contribution is 5.69. The Hall–Kier alpha value is -2.92. The summed E-state index contributed by atoms with van der Waals surface area (Å²) in [5.41, 5.74) is 5.52. The maximum absolute atomic E-state index is 4.73. The van der Waals surface area contributed by atoms with Crippen LogP contribution in [0.3, 0.4) is 0 Å². The third kappa shape index (κ3) is 5.30. The first-order valence-corrected chi connectivity index (χ1v) is 9.69. The quantitative estimate of drug-likeness (QED) is 0.550. The molecule has 0 atom stereocenters. The molecule has 0 saturated heterocycles. The van der Waals surface area contributed by atoms with Crippen LogP contribution in [0.25, 0.3) is 11.3 Å². The smallest absolute Gasteiger partial charge is 0.225 e. The molecule has 0 spiro atoms. The normalized spacial score (nSPS) is 10.9. The van der Waals surface area contributed by atoms with Crippen LogP contribution in [0.5, 0.6) is 0 Å². The van der Waals surface area contributed by atoms with Crippen molar-refractivity contribution >= 4 is 17.5 Å². The van der Waals surface area contributed by atoms with E-state index in [1.807, 2.05) is 24.3 Å². The molecule has 2 N–H and O–H groups in total. The van der Waals surface area contributed by atoms with E-state index in [0.717, 1.165) is 42.3 Å². The number of aromatic nitrogens is 2. The second kappa shape index (κ2) is 9.33. The van der Waals surface area contributed by atoms with E-state index < -0.39 is 0 Å². The highest BCUT2D eigenvalue weighted by atomic mass is 15.1. The zero-order valence-corrected chi connectivity index (χ0v) is 17.2. The van der Waals surface area contributed by atoms with Crippen LogP contribution in [0, 0.1) is 13.8 Å². The highest BCUT2D eigenvalue weighted by Crippen LogP contribution is 2.26. The summed E-state index contributed by atoms with van der Waals surface area (Å²) in [6.07, 6.45) is 1.03. The number of hydrogen-bond acceptors (Lipinski definition) is 5. The molecule has 0 aliphatic rings. The van der Waals surface area contributed by atoms with Crippen LogP contribution in [-0.2, 0) is 0 Å². The largest absolute Gasteiger partial charge is 0.354 e. The number of hydrogen-bond donors (Lipinski definition) is 2. The van der Waals surface area contributed by atoms with E-state index in [1.165, 1.54) is 11.1 Å². The molecule has 0 fully saturated rings. The van der Waals surface area contributed by atoms with Crippen molar-refractivity contribution < 1.29 is 0 Å². The first-order chi connectivity index (χ1) is 13.5. The number of nitrogens with zero attached hydrogens (tertiary/aromatic N) is 3. The lowest BCUT2D eigenvalue weighted by molar-refractivity contribution is 0.405. The van der Waals surface area contributed by atoms with Gasteiger partial charge in [-0.1, -0.05) is 42.5 Å². The van der Waals surface area contributed by atoms with Gasteiger partial charge in [-0.3, -0.25) is 0 Å². The lowest BCUT2D eigenvalue weighted by Crippen LogP contribution is -2.17. The number of aryl methyl sites for hydroxylation is 1. The molecular formula is C23H29N5. The second-order valence-corrected chi connectivity index (χ2v) is 7.28. The summed E-state index contributed by atoms with van der Waals surface area (Å²) in [5, 5.41) is 6.85. The first kappa shape index (κ1) is 19.8. The molecule has 0 saturated carbocycles. The molecule has 0 aliphatic heterocycles. The van der Waals surface area contributed by atoms with E-state index in [4.69, 9.17) is 9.97 Å². The lowest BCUT2D eigenvalue weighted by Gasteiger charge is -2.14. The predicted molar refractivity (Wildman–Crippen MR) is 118 cm³/mol.